The lowest BCUT2D eigenvalue weighted by Crippen LogP contribution is -2.71. The van der Waals surface area contributed by atoms with Gasteiger partial charge in [0.1, 0.15) is 0 Å². The Hall–Kier alpha value is -0.380. The van der Waals surface area contributed by atoms with Crippen LogP contribution in [0.15, 0.2) is 30.3 Å². The minimum atomic E-state index is -1.01. The number of hydrogen-bond acceptors (Lipinski definition) is 1. The molecule has 0 amide bonds. The second kappa shape index (κ2) is 6.16. The Morgan fingerprint density at radius 1 is 1.22 bits per heavy atom. The van der Waals surface area contributed by atoms with Gasteiger partial charge in [-0.05, 0) is 69.3 Å². The van der Waals surface area contributed by atoms with Gasteiger partial charge in [0, 0.05) is 11.9 Å². The molecule has 0 spiro atoms. The van der Waals surface area contributed by atoms with Crippen LogP contribution in [0.4, 0.5) is 0 Å². The first kappa shape index (κ1) is 17.4. The Balaban J connectivity index is 1.68. The van der Waals surface area contributed by atoms with Crippen LogP contribution in [0.1, 0.15) is 58.4 Å². The van der Waals surface area contributed by atoms with Crippen molar-refractivity contribution in [3.8, 4) is 0 Å². The third-order valence-corrected chi connectivity index (χ3v) is 7.51. The number of rotatable bonds is 7. The van der Waals surface area contributed by atoms with E-state index in [0.717, 1.165) is 12.8 Å². The largest absolute Gasteiger partial charge is 0.242 e. The van der Waals surface area contributed by atoms with Crippen LogP contribution < -0.4 is 4.72 Å². The normalized spacial score (nSPS) is 31.8. The van der Waals surface area contributed by atoms with Crippen LogP contribution in [0.5, 0.6) is 0 Å². The summed E-state index contributed by atoms with van der Waals surface area (Å²) in [6.45, 7) is 6.09. The molecule has 3 fully saturated rings. The smallest absolute Gasteiger partial charge is 0.0972 e. The maximum atomic E-state index is 12.6. The zero-order valence-corrected chi connectivity index (χ0v) is 16.0. The van der Waals surface area contributed by atoms with Gasteiger partial charge in [0.05, 0.1) is 15.7 Å². The highest BCUT2D eigenvalue weighted by atomic mass is 35.5. The van der Waals surface area contributed by atoms with Gasteiger partial charge in [-0.15, -0.1) is 11.6 Å². The van der Waals surface area contributed by atoms with Crippen molar-refractivity contribution >= 4 is 22.6 Å². The molecular formula is C19H28ClNOS. The molecule has 23 heavy (non-hydrogen) atoms. The van der Waals surface area contributed by atoms with E-state index in [4.69, 9.17) is 11.6 Å². The van der Waals surface area contributed by atoms with Crippen molar-refractivity contribution < 1.29 is 4.21 Å². The first-order chi connectivity index (χ1) is 10.8. The quantitative estimate of drug-likeness (QED) is 0.716. The number of hydrogen-bond donors (Lipinski definition) is 1. The van der Waals surface area contributed by atoms with E-state index in [1.165, 1.54) is 24.8 Å². The highest BCUT2D eigenvalue weighted by Crippen LogP contribution is 2.75. The molecule has 3 aliphatic carbocycles. The maximum absolute atomic E-state index is 12.6. The summed E-state index contributed by atoms with van der Waals surface area (Å²) in [7, 11) is -1.01. The fraction of sp³-hybridized carbons (Fsp3) is 0.684. The van der Waals surface area contributed by atoms with Gasteiger partial charge in [-0.2, -0.15) is 0 Å². The van der Waals surface area contributed by atoms with E-state index in [1.807, 2.05) is 20.8 Å². The monoisotopic (exact) mass is 353 g/mol. The molecule has 0 aliphatic heterocycles. The Kier molecular flexibility index (Phi) is 4.67. The van der Waals surface area contributed by atoms with Crippen LogP contribution in [0.25, 0.3) is 0 Å². The van der Waals surface area contributed by atoms with Crippen LogP contribution >= 0.6 is 11.6 Å². The van der Waals surface area contributed by atoms with E-state index in [2.05, 4.69) is 35.1 Å². The van der Waals surface area contributed by atoms with Gasteiger partial charge < -0.3 is 0 Å². The van der Waals surface area contributed by atoms with Gasteiger partial charge >= 0.3 is 0 Å². The molecule has 0 saturated heterocycles. The first-order valence-electron chi connectivity index (χ1n) is 8.61. The average Bonchev–Trinajstić information content (AvgIpc) is 2.41. The predicted octanol–water partition coefficient (Wildman–Crippen LogP) is 4.55. The van der Waals surface area contributed by atoms with E-state index in [1.54, 1.807) is 0 Å². The molecule has 128 valence electrons. The fourth-order valence-corrected chi connectivity index (χ4v) is 5.55. The summed E-state index contributed by atoms with van der Waals surface area (Å²) in [4.78, 5) is 0. The minimum absolute atomic E-state index is 0.222. The molecule has 1 aromatic rings. The Bertz CT molecular complexity index is 561. The van der Waals surface area contributed by atoms with Crippen molar-refractivity contribution in [2.75, 3.05) is 5.88 Å². The molecule has 3 aliphatic rings. The average molecular weight is 354 g/mol. The zero-order chi connectivity index (χ0) is 16.7. The standard InChI is InChI=1S/C19H28ClNOS/c1-17(2,3)23(22)21-16(10-7-11-20)19-12-18(13-19,14-19)15-8-5-4-6-9-15/h4-6,8-9,16,21H,7,10-14H2,1-3H3/t16?,18?,19?,23-/m0/s1. The molecule has 4 rings (SSSR count). The van der Waals surface area contributed by atoms with Crippen molar-refractivity contribution in [1.82, 2.24) is 4.72 Å². The molecule has 0 aromatic heterocycles. The predicted molar refractivity (Wildman–Crippen MR) is 99.2 cm³/mol. The van der Waals surface area contributed by atoms with Crippen molar-refractivity contribution in [3.05, 3.63) is 35.9 Å². The molecule has 3 saturated carbocycles. The molecule has 0 radical (unpaired) electrons. The van der Waals surface area contributed by atoms with E-state index in [-0.39, 0.29) is 4.75 Å². The molecule has 4 heteroatoms. The van der Waals surface area contributed by atoms with Crippen molar-refractivity contribution in [2.45, 2.75) is 69.1 Å². The van der Waals surface area contributed by atoms with Crippen molar-refractivity contribution in [3.63, 3.8) is 0 Å². The third kappa shape index (κ3) is 3.12. The SMILES string of the molecule is CC(C)(C)[S@](=O)NC(CCCCl)C12CC(c3ccccc3)(C1)C2. The van der Waals surface area contributed by atoms with Crippen LogP contribution in [0.2, 0.25) is 0 Å². The third-order valence-electron chi connectivity index (χ3n) is 5.63. The van der Waals surface area contributed by atoms with E-state index >= 15 is 0 Å². The van der Waals surface area contributed by atoms with Gasteiger partial charge in [0.25, 0.3) is 0 Å². The first-order valence-corrected chi connectivity index (χ1v) is 10.3. The molecule has 2 atom stereocenters. The lowest BCUT2D eigenvalue weighted by atomic mass is 9.31. The summed E-state index contributed by atoms with van der Waals surface area (Å²) in [6, 6.07) is 11.2. The van der Waals surface area contributed by atoms with Gasteiger partial charge in [-0.1, -0.05) is 30.3 Å². The molecule has 2 bridgehead atoms. The molecular weight excluding hydrogens is 326 g/mol. The number of halogens is 1. The van der Waals surface area contributed by atoms with Crippen molar-refractivity contribution in [2.24, 2.45) is 5.41 Å². The van der Waals surface area contributed by atoms with Gasteiger partial charge in [0.2, 0.25) is 0 Å². The topological polar surface area (TPSA) is 29.1 Å². The van der Waals surface area contributed by atoms with Gasteiger partial charge in [0.15, 0.2) is 0 Å². The summed E-state index contributed by atoms with van der Waals surface area (Å²) < 4.78 is 15.8. The second-order valence-corrected chi connectivity index (χ2v) is 10.8. The maximum Gasteiger partial charge on any atom is 0.0972 e. The van der Waals surface area contributed by atoms with E-state index in [0.29, 0.717) is 22.8 Å². The number of nitrogens with one attached hydrogen (secondary N) is 1. The molecule has 2 nitrogen and oxygen atoms in total. The van der Waals surface area contributed by atoms with Crippen LogP contribution in [-0.4, -0.2) is 20.9 Å². The fourth-order valence-electron chi connectivity index (χ4n) is 4.41. The van der Waals surface area contributed by atoms with Crippen LogP contribution in [0, 0.1) is 5.41 Å². The highest BCUT2D eigenvalue weighted by Gasteiger charge is 2.70. The van der Waals surface area contributed by atoms with E-state index in [9.17, 15) is 4.21 Å². The lowest BCUT2D eigenvalue weighted by molar-refractivity contribution is -0.161. The molecule has 0 heterocycles. The molecule has 1 aromatic carbocycles. The second-order valence-electron chi connectivity index (χ2n) is 8.42. The highest BCUT2D eigenvalue weighted by molar-refractivity contribution is 7.84. The van der Waals surface area contributed by atoms with Gasteiger partial charge in [-0.3, -0.25) is 0 Å². The van der Waals surface area contributed by atoms with Crippen LogP contribution in [0.3, 0.4) is 0 Å². The summed E-state index contributed by atoms with van der Waals surface area (Å²) in [6.07, 6.45) is 5.69. The summed E-state index contributed by atoms with van der Waals surface area (Å²) in [5, 5.41) is 0. The summed E-state index contributed by atoms with van der Waals surface area (Å²) in [5.74, 6) is 0.681. The Labute approximate surface area is 148 Å². The Morgan fingerprint density at radius 3 is 2.35 bits per heavy atom. The molecule has 1 unspecified atom stereocenters. The molecule has 1 N–H and O–H groups in total. The van der Waals surface area contributed by atoms with Crippen molar-refractivity contribution in [1.29, 1.82) is 0 Å². The van der Waals surface area contributed by atoms with Crippen LogP contribution in [-0.2, 0) is 16.4 Å². The Morgan fingerprint density at radius 2 is 1.83 bits per heavy atom. The van der Waals surface area contributed by atoms with E-state index < -0.39 is 11.0 Å². The summed E-state index contributed by atoms with van der Waals surface area (Å²) in [5.41, 5.74) is 2.21. The minimum Gasteiger partial charge on any atom is -0.242 e. The number of benzene rings is 1. The summed E-state index contributed by atoms with van der Waals surface area (Å²) >= 11 is 5.92. The van der Waals surface area contributed by atoms with Gasteiger partial charge in [-0.25, -0.2) is 8.93 Å². The lowest BCUT2D eigenvalue weighted by Gasteiger charge is -2.74. The number of alkyl halides is 1. The zero-order valence-electron chi connectivity index (χ0n) is 14.4.